The van der Waals surface area contributed by atoms with Gasteiger partial charge in [-0.05, 0) is 35.7 Å². The molecule has 0 bridgehead atoms. The first-order chi connectivity index (χ1) is 9.74. The summed E-state index contributed by atoms with van der Waals surface area (Å²) in [5, 5.41) is 6.27. The standard InChI is InChI=1S/C16H17N3O/c1-11-15(3-2-6-18-11)16(20)19-8-12-4-5-13-9-17-10-14(13)7-12/h2-7,17H,8-10H2,1H3,(H,19,20). The van der Waals surface area contributed by atoms with Crippen molar-refractivity contribution < 1.29 is 4.79 Å². The SMILES string of the molecule is Cc1ncccc1C(=O)NCc1ccc2c(c1)CNC2. The van der Waals surface area contributed by atoms with E-state index in [1.54, 1.807) is 18.3 Å². The molecule has 4 heteroatoms. The largest absolute Gasteiger partial charge is 0.348 e. The summed E-state index contributed by atoms with van der Waals surface area (Å²) in [6.07, 6.45) is 1.69. The van der Waals surface area contributed by atoms with E-state index in [4.69, 9.17) is 0 Å². The molecular formula is C16H17N3O. The van der Waals surface area contributed by atoms with Crippen LogP contribution >= 0.6 is 0 Å². The number of fused-ring (bicyclic) bond motifs is 1. The van der Waals surface area contributed by atoms with Crippen LogP contribution in [0, 0.1) is 6.92 Å². The number of rotatable bonds is 3. The number of nitrogens with zero attached hydrogens (tertiary/aromatic N) is 1. The molecule has 0 saturated heterocycles. The number of hydrogen-bond donors (Lipinski definition) is 2. The van der Waals surface area contributed by atoms with E-state index in [-0.39, 0.29) is 5.91 Å². The monoisotopic (exact) mass is 267 g/mol. The lowest BCUT2D eigenvalue weighted by Crippen LogP contribution is -2.23. The molecule has 2 heterocycles. The molecule has 3 rings (SSSR count). The predicted molar refractivity (Wildman–Crippen MR) is 77.1 cm³/mol. The number of pyridine rings is 1. The van der Waals surface area contributed by atoms with Crippen LogP contribution < -0.4 is 10.6 Å². The zero-order chi connectivity index (χ0) is 13.9. The molecule has 0 saturated carbocycles. The summed E-state index contributed by atoms with van der Waals surface area (Å²) in [6.45, 7) is 4.24. The number of carbonyl (C=O) groups is 1. The van der Waals surface area contributed by atoms with E-state index in [9.17, 15) is 4.79 Å². The summed E-state index contributed by atoms with van der Waals surface area (Å²) in [7, 11) is 0. The van der Waals surface area contributed by atoms with Gasteiger partial charge in [0.15, 0.2) is 0 Å². The maximum atomic E-state index is 12.1. The summed E-state index contributed by atoms with van der Waals surface area (Å²) < 4.78 is 0. The fourth-order valence-electron chi connectivity index (χ4n) is 2.46. The van der Waals surface area contributed by atoms with Gasteiger partial charge >= 0.3 is 0 Å². The van der Waals surface area contributed by atoms with Gasteiger partial charge in [-0.2, -0.15) is 0 Å². The van der Waals surface area contributed by atoms with Gasteiger partial charge in [0.1, 0.15) is 0 Å². The molecular weight excluding hydrogens is 250 g/mol. The average Bonchev–Trinajstić information content (AvgIpc) is 2.92. The van der Waals surface area contributed by atoms with Crippen LogP contribution in [-0.4, -0.2) is 10.9 Å². The van der Waals surface area contributed by atoms with Crippen molar-refractivity contribution in [1.29, 1.82) is 0 Å². The fraction of sp³-hybridized carbons (Fsp3) is 0.250. The minimum atomic E-state index is -0.0748. The molecule has 0 unspecified atom stereocenters. The van der Waals surface area contributed by atoms with Gasteiger partial charge in [-0.3, -0.25) is 9.78 Å². The highest BCUT2D eigenvalue weighted by Gasteiger charge is 2.11. The highest BCUT2D eigenvalue weighted by atomic mass is 16.1. The molecule has 2 N–H and O–H groups in total. The van der Waals surface area contributed by atoms with Crippen LogP contribution in [0.5, 0.6) is 0 Å². The molecule has 0 spiro atoms. The van der Waals surface area contributed by atoms with Crippen molar-refractivity contribution >= 4 is 5.91 Å². The Balaban J connectivity index is 1.68. The summed E-state index contributed by atoms with van der Waals surface area (Å²) in [4.78, 5) is 16.2. The van der Waals surface area contributed by atoms with E-state index < -0.39 is 0 Å². The minimum absolute atomic E-state index is 0.0748. The predicted octanol–water partition coefficient (Wildman–Crippen LogP) is 1.92. The van der Waals surface area contributed by atoms with Gasteiger partial charge < -0.3 is 10.6 Å². The van der Waals surface area contributed by atoms with E-state index in [0.29, 0.717) is 12.1 Å². The lowest BCUT2D eigenvalue weighted by molar-refractivity contribution is 0.0950. The van der Waals surface area contributed by atoms with E-state index in [2.05, 4.69) is 33.8 Å². The van der Waals surface area contributed by atoms with Gasteiger partial charge in [-0.15, -0.1) is 0 Å². The van der Waals surface area contributed by atoms with Crippen LogP contribution in [0.25, 0.3) is 0 Å². The lowest BCUT2D eigenvalue weighted by Gasteiger charge is -2.08. The maximum Gasteiger partial charge on any atom is 0.253 e. The van der Waals surface area contributed by atoms with Crippen molar-refractivity contribution in [2.75, 3.05) is 0 Å². The zero-order valence-electron chi connectivity index (χ0n) is 11.4. The summed E-state index contributed by atoms with van der Waals surface area (Å²) in [5.74, 6) is -0.0748. The fourth-order valence-corrected chi connectivity index (χ4v) is 2.46. The topological polar surface area (TPSA) is 54.0 Å². The highest BCUT2D eigenvalue weighted by Crippen LogP contribution is 2.17. The van der Waals surface area contributed by atoms with Crippen molar-refractivity contribution in [1.82, 2.24) is 15.6 Å². The number of aryl methyl sites for hydroxylation is 1. The maximum absolute atomic E-state index is 12.1. The first kappa shape index (κ1) is 12.8. The molecule has 4 nitrogen and oxygen atoms in total. The van der Waals surface area contributed by atoms with E-state index in [1.807, 2.05) is 6.92 Å². The van der Waals surface area contributed by atoms with Crippen LogP contribution in [0.4, 0.5) is 0 Å². The van der Waals surface area contributed by atoms with Gasteiger partial charge in [-0.1, -0.05) is 18.2 Å². The Hall–Kier alpha value is -2.20. The molecule has 0 atom stereocenters. The van der Waals surface area contributed by atoms with Crippen LogP contribution in [0.3, 0.4) is 0 Å². The molecule has 1 aromatic heterocycles. The van der Waals surface area contributed by atoms with Crippen molar-refractivity contribution in [2.24, 2.45) is 0 Å². The Morgan fingerprint density at radius 2 is 2.15 bits per heavy atom. The van der Waals surface area contributed by atoms with Crippen LogP contribution in [0.1, 0.15) is 32.7 Å². The molecule has 1 aromatic carbocycles. The van der Waals surface area contributed by atoms with Gasteiger partial charge in [-0.25, -0.2) is 0 Å². The lowest BCUT2D eigenvalue weighted by atomic mass is 10.1. The van der Waals surface area contributed by atoms with E-state index in [1.165, 1.54) is 11.1 Å². The van der Waals surface area contributed by atoms with Gasteiger partial charge in [0.25, 0.3) is 5.91 Å². The molecule has 0 radical (unpaired) electrons. The Bertz CT molecular complexity index is 652. The molecule has 2 aromatic rings. The van der Waals surface area contributed by atoms with Crippen molar-refractivity contribution in [3.8, 4) is 0 Å². The quantitative estimate of drug-likeness (QED) is 0.893. The normalized spacial score (nSPS) is 13.1. The van der Waals surface area contributed by atoms with Crippen molar-refractivity contribution in [3.05, 3.63) is 64.5 Å². The van der Waals surface area contributed by atoms with E-state index in [0.717, 1.165) is 24.3 Å². The molecule has 102 valence electrons. The Morgan fingerprint density at radius 1 is 1.30 bits per heavy atom. The van der Waals surface area contributed by atoms with Crippen molar-refractivity contribution in [3.63, 3.8) is 0 Å². The smallest absolute Gasteiger partial charge is 0.253 e. The molecule has 1 amide bonds. The average molecular weight is 267 g/mol. The minimum Gasteiger partial charge on any atom is -0.348 e. The van der Waals surface area contributed by atoms with Crippen molar-refractivity contribution in [2.45, 2.75) is 26.6 Å². The highest BCUT2D eigenvalue weighted by molar-refractivity contribution is 5.95. The second-order valence-electron chi connectivity index (χ2n) is 5.03. The molecule has 1 aliphatic heterocycles. The second-order valence-corrected chi connectivity index (χ2v) is 5.03. The number of aromatic nitrogens is 1. The third kappa shape index (κ3) is 2.56. The molecule has 0 fully saturated rings. The van der Waals surface area contributed by atoms with Gasteiger partial charge in [0.2, 0.25) is 0 Å². The van der Waals surface area contributed by atoms with Crippen LogP contribution in [0.15, 0.2) is 36.5 Å². The number of benzene rings is 1. The van der Waals surface area contributed by atoms with Crippen LogP contribution in [0.2, 0.25) is 0 Å². The van der Waals surface area contributed by atoms with E-state index >= 15 is 0 Å². The first-order valence-electron chi connectivity index (χ1n) is 6.75. The molecule has 0 aliphatic carbocycles. The number of nitrogens with one attached hydrogen (secondary N) is 2. The van der Waals surface area contributed by atoms with Gasteiger partial charge in [0.05, 0.1) is 5.56 Å². The summed E-state index contributed by atoms with van der Waals surface area (Å²) >= 11 is 0. The number of carbonyl (C=O) groups excluding carboxylic acids is 1. The number of amides is 1. The first-order valence-corrected chi connectivity index (χ1v) is 6.75. The summed E-state index contributed by atoms with van der Waals surface area (Å²) in [5.41, 5.74) is 5.19. The van der Waals surface area contributed by atoms with Crippen LogP contribution in [-0.2, 0) is 19.6 Å². The summed E-state index contributed by atoms with van der Waals surface area (Å²) in [6, 6.07) is 9.94. The third-order valence-corrected chi connectivity index (χ3v) is 3.61. The Labute approximate surface area is 118 Å². The molecule has 1 aliphatic rings. The zero-order valence-corrected chi connectivity index (χ0v) is 11.4. The second kappa shape index (κ2) is 5.43. The third-order valence-electron chi connectivity index (χ3n) is 3.61. The Kier molecular flexibility index (Phi) is 3.48. The molecule has 20 heavy (non-hydrogen) atoms. The number of hydrogen-bond acceptors (Lipinski definition) is 3. The van der Waals surface area contributed by atoms with Gasteiger partial charge in [0, 0.05) is 31.5 Å². The Morgan fingerprint density at radius 3 is 3.00 bits per heavy atom.